The monoisotopic (exact) mass is 233 g/mol. The van der Waals surface area contributed by atoms with E-state index in [4.69, 9.17) is 4.74 Å². The van der Waals surface area contributed by atoms with E-state index in [1.165, 1.54) is 25.5 Å². The van der Waals surface area contributed by atoms with Crippen molar-refractivity contribution in [2.75, 3.05) is 20.2 Å². The van der Waals surface area contributed by atoms with Crippen LogP contribution in [0.25, 0.3) is 0 Å². The lowest BCUT2D eigenvalue weighted by molar-refractivity contribution is -0.142. The van der Waals surface area contributed by atoms with Gasteiger partial charge in [0, 0.05) is 6.04 Å². The zero-order valence-electron chi connectivity index (χ0n) is 10.3. The van der Waals surface area contributed by atoms with Crippen LogP contribution in [0.4, 0.5) is 0 Å². The molecule has 0 amide bonds. The van der Waals surface area contributed by atoms with Crippen LogP contribution in [-0.4, -0.2) is 37.1 Å². The van der Waals surface area contributed by atoms with Crippen molar-refractivity contribution in [2.45, 2.75) is 25.3 Å². The summed E-state index contributed by atoms with van der Waals surface area (Å²) >= 11 is 0. The molecule has 1 heterocycles. The first kappa shape index (κ1) is 12.1. The molecule has 1 aliphatic heterocycles. The van der Waals surface area contributed by atoms with Gasteiger partial charge >= 0.3 is 5.97 Å². The SMILES string of the molecule is COC(=O)CN1CCCC1Cc1ccccc1. The topological polar surface area (TPSA) is 29.5 Å². The quantitative estimate of drug-likeness (QED) is 0.743. The van der Waals surface area contributed by atoms with Crippen molar-refractivity contribution in [3.05, 3.63) is 35.9 Å². The van der Waals surface area contributed by atoms with E-state index in [0.29, 0.717) is 12.6 Å². The molecule has 1 aromatic rings. The first-order chi connectivity index (χ1) is 8.29. The number of methoxy groups -OCH3 is 1. The number of hydrogen-bond acceptors (Lipinski definition) is 3. The van der Waals surface area contributed by atoms with Crippen LogP contribution in [0.5, 0.6) is 0 Å². The molecule has 3 heteroatoms. The summed E-state index contributed by atoms with van der Waals surface area (Å²) in [5, 5.41) is 0. The second-order valence-corrected chi connectivity index (χ2v) is 4.53. The molecule has 1 saturated heterocycles. The van der Waals surface area contributed by atoms with E-state index in [0.717, 1.165) is 13.0 Å². The van der Waals surface area contributed by atoms with Gasteiger partial charge in [-0.05, 0) is 31.4 Å². The average Bonchev–Trinajstić information content (AvgIpc) is 2.78. The second kappa shape index (κ2) is 5.82. The molecule has 0 aromatic heterocycles. The van der Waals surface area contributed by atoms with E-state index in [9.17, 15) is 4.79 Å². The van der Waals surface area contributed by atoms with Crippen LogP contribution in [0.15, 0.2) is 30.3 Å². The molecule has 92 valence electrons. The van der Waals surface area contributed by atoms with Crippen LogP contribution in [-0.2, 0) is 16.0 Å². The summed E-state index contributed by atoms with van der Waals surface area (Å²) in [5.41, 5.74) is 1.34. The molecule has 1 aromatic carbocycles. The number of hydrogen-bond donors (Lipinski definition) is 0. The highest BCUT2D eigenvalue weighted by molar-refractivity contribution is 5.71. The molecular weight excluding hydrogens is 214 g/mol. The summed E-state index contributed by atoms with van der Waals surface area (Å²) in [7, 11) is 1.45. The van der Waals surface area contributed by atoms with E-state index in [1.807, 2.05) is 6.07 Å². The van der Waals surface area contributed by atoms with Gasteiger partial charge in [-0.25, -0.2) is 0 Å². The van der Waals surface area contributed by atoms with E-state index >= 15 is 0 Å². The molecule has 1 atom stereocenters. The highest BCUT2D eigenvalue weighted by Gasteiger charge is 2.26. The maximum Gasteiger partial charge on any atom is 0.319 e. The van der Waals surface area contributed by atoms with Crippen LogP contribution < -0.4 is 0 Å². The van der Waals surface area contributed by atoms with Gasteiger partial charge in [0.1, 0.15) is 0 Å². The Labute approximate surface area is 102 Å². The Bertz CT molecular complexity index is 364. The molecule has 0 aliphatic carbocycles. The fourth-order valence-electron chi connectivity index (χ4n) is 2.45. The van der Waals surface area contributed by atoms with Crippen LogP contribution in [0, 0.1) is 0 Å². The molecule has 0 N–H and O–H groups in total. The van der Waals surface area contributed by atoms with E-state index in [2.05, 4.69) is 29.2 Å². The largest absolute Gasteiger partial charge is 0.468 e. The van der Waals surface area contributed by atoms with Crippen molar-refractivity contribution in [3.63, 3.8) is 0 Å². The molecule has 0 bridgehead atoms. The minimum atomic E-state index is -0.134. The lowest BCUT2D eigenvalue weighted by atomic mass is 10.0. The summed E-state index contributed by atoms with van der Waals surface area (Å²) in [6.45, 7) is 1.43. The number of carbonyl (C=O) groups excluding carboxylic acids is 1. The Morgan fingerprint density at radius 1 is 1.41 bits per heavy atom. The van der Waals surface area contributed by atoms with Gasteiger partial charge in [0.2, 0.25) is 0 Å². The molecule has 0 spiro atoms. The number of esters is 1. The minimum Gasteiger partial charge on any atom is -0.468 e. The number of carbonyl (C=O) groups is 1. The molecule has 1 aliphatic rings. The van der Waals surface area contributed by atoms with Gasteiger partial charge in [0.05, 0.1) is 13.7 Å². The first-order valence-corrected chi connectivity index (χ1v) is 6.14. The highest BCUT2D eigenvalue weighted by atomic mass is 16.5. The predicted molar refractivity (Wildman–Crippen MR) is 66.8 cm³/mol. The summed E-state index contributed by atoms with van der Waals surface area (Å²) in [4.78, 5) is 13.5. The van der Waals surface area contributed by atoms with E-state index < -0.39 is 0 Å². The normalized spacial score (nSPS) is 20.4. The zero-order valence-corrected chi connectivity index (χ0v) is 10.3. The highest BCUT2D eigenvalue weighted by Crippen LogP contribution is 2.20. The third-order valence-corrected chi connectivity index (χ3v) is 3.37. The molecule has 3 nitrogen and oxygen atoms in total. The lowest BCUT2D eigenvalue weighted by Crippen LogP contribution is -2.36. The molecule has 1 unspecified atom stereocenters. The Kier molecular flexibility index (Phi) is 4.15. The molecule has 0 radical (unpaired) electrons. The van der Waals surface area contributed by atoms with Crippen molar-refractivity contribution < 1.29 is 9.53 Å². The van der Waals surface area contributed by atoms with Crippen molar-refractivity contribution >= 4 is 5.97 Å². The number of ether oxygens (including phenoxy) is 1. The summed E-state index contributed by atoms with van der Waals surface area (Å²) < 4.78 is 4.73. The smallest absolute Gasteiger partial charge is 0.319 e. The van der Waals surface area contributed by atoms with Crippen molar-refractivity contribution in [1.29, 1.82) is 0 Å². The molecule has 17 heavy (non-hydrogen) atoms. The van der Waals surface area contributed by atoms with E-state index in [1.54, 1.807) is 0 Å². The van der Waals surface area contributed by atoms with Gasteiger partial charge in [0.15, 0.2) is 0 Å². The first-order valence-electron chi connectivity index (χ1n) is 6.14. The van der Waals surface area contributed by atoms with Crippen molar-refractivity contribution in [2.24, 2.45) is 0 Å². The number of benzene rings is 1. The molecule has 2 rings (SSSR count). The van der Waals surface area contributed by atoms with Gasteiger partial charge in [-0.1, -0.05) is 30.3 Å². The standard InChI is InChI=1S/C14H19NO2/c1-17-14(16)11-15-9-5-8-13(15)10-12-6-3-2-4-7-12/h2-4,6-7,13H,5,8-11H2,1H3. The summed E-state index contributed by atoms with van der Waals surface area (Å²) in [6, 6.07) is 10.9. The van der Waals surface area contributed by atoms with Gasteiger partial charge in [-0.15, -0.1) is 0 Å². The Hall–Kier alpha value is -1.35. The van der Waals surface area contributed by atoms with Gasteiger partial charge in [0.25, 0.3) is 0 Å². The van der Waals surface area contributed by atoms with Crippen molar-refractivity contribution in [1.82, 2.24) is 4.90 Å². The number of nitrogens with zero attached hydrogens (tertiary/aromatic N) is 1. The summed E-state index contributed by atoms with van der Waals surface area (Å²) in [5.74, 6) is -0.134. The fraction of sp³-hybridized carbons (Fsp3) is 0.500. The third kappa shape index (κ3) is 3.30. The number of rotatable bonds is 4. The molecule has 1 fully saturated rings. The zero-order chi connectivity index (χ0) is 12.1. The maximum atomic E-state index is 11.3. The molecular formula is C14H19NO2. The van der Waals surface area contributed by atoms with E-state index in [-0.39, 0.29) is 5.97 Å². The third-order valence-electron chi connectivity index (χ3n) is 3.37. The molecule has 0 saturated carbocycles. The van der Waals surface area contributed by atoms with Crippen molar-refractivity contribution in [3.8, 4) is 0 Å². The van der Waals surface area contributed by atoms with Crippen LogP contribution in [0.3, 0.4) is 0 Å². The van der Waals surface area contributed by atoms with Crippen LogP contribution in [0.1, 0.15) is 18.4 Å². The Morgan fingerprint density at radius 3 is 2.88 bits per heavy atom. The van der Waals surface area contributed by atoms with Gasteiger partial charge in [-0.2, -0.15) is 0 Å². The van der Waals surface area contributed by atoms with Crippen LogP contribution in [0.2, 0.25) is 0 Å². The fourth-order valence-corrected chi connectivity index (χ4v) is 2.45. The second-order valence-electron chi connectivity index (χ2n) is 4.53. The average molecular weight is 233 g/mol. The lowest BCUT2D eigenvalue weighted by Gasteiger charge is -2.23. The summed E-state index contributed by atoms with van der Waals surface area (Å²) in [6.07, 6.45) is 3.37. The van der Waals surface area contributed by atoms with Gasteiger partial charge in [-0.3, -0.25) is 9.69 Å². The van der Waals surface area contributed by atoms with Gasteiger partial charge < -0.3 is 4.74 Å². The maximum absolute atomic E-state index is 11.3. The minimum absolute atomic E-state index is 0.134. The number of likely N-dealkylation sites (tertiary alicyclic amines) is 1. The predicted octanol–water partition coefficient (Wildman–Crippen LogP) is 1.87. The Morgan fingerprint density at radius 2 is 2.18 bits per heavy atom. The van der Waals surface area contributed by atoms with Crippen LogP contribution >= 0.6 is 0 Å². The Balaban J connectivity index is 1.93.